The van der Waals surface area contributed by atoms with Gasteiger partial charge >= 0.3 is 0 Å². The number of nitrogens with one attached hydrogen (secondary N) is 1. The molecule has 1 N–H and O–H groups in total. The number of methoxy groups -OCH3 is 3. The van der Waals surface area contributed by atoms with E-state index in [2.05, 4.69) is 5.32 Å². The Morgan fingerprint density at radius 3 is 2.12 bits per heavy atom. The fourth-order valence-electron chi connectivity index (χ4n) is 3.09. The molecule has 0 aliphatic carbocycles. The van der Waals surface area contributed by atoms with Crippen LogP contribution in [0.25, 0.3) is 0 Å². The molecule has 0 bridgehead atoms. The number of nitrogens with zero attached hydrogens (tertiary/aromatic N) is 1. The average Bonchev–Trinajstić information content (AvgIpc) is 2.82. The molecule has 0 spiro atoms. The summed E-state index contributed by atoms with van der Waals surface area (Å²) in [5.74, 6) is 0.543. The molecule has 0 aliphatic rings. The molecule has 174 valence electrons. The lowest BCUT2D eigenvalue weighted by Gasteiger charge is -2.24. The highest BCUT2D eigenvalue weighted by Crippen LogP contribution is 2.32. The average molecular weight is 491 g/mol. The predicted octanol–water partition coefficient (Wildman–Crippen LogP) is 4.20. The van der Waals surface area contributed by atoms with Crippen molar-refractivity contribution in [1.29, 1.82) is 0 Å². The van der Waals surface area contributed by atoms with Gasteiger partial charge in [0.2, 0.25) is 5.91 Å². The third-order valence-electron chi connectivity index (χ3n) is 4.71. The second kappa shape index (κ2) is 10.5. The highest BCUT2D eigenvalue weighted by Gasteiger charge is 2.28. The van der Waals surface area contributed by atoms with Crippen LogP contribution < -0.4 is 23.8 Å². The zero-order valence-electron chi connectivity index (χ0n) is 18.2. The molecule has 0 unspecified atom stereocenters. The Labute approximate surface area is 197 Å². The van der Waals surface area contributed by atoms with Crippen molar-refractivity contribution in [2.24, 2.45) is 0 Å². The molecular weight excluding hydrogens is 468 g/mol. The SMILES string of the molecule is COc1ccc(NC(=O)CN(c2ccccc2)S(=O)(=O)c2ccc(OC)c(OC)c2)cc1Cl. The van der Waals surface area contributed by atoms with Crippen molar-refractivity contribution in [1.82, 2.24) is 0 Å². The summed E-state index contributed by atoms with van der Waals surface area (Å²) in [5.41, 5.74) is 0.734. The van der Waals surface area contributed by atoms with Crippen molar-refractivity contribution >= 4 is 38.9 Å². The number of para-hydroxylation sites is 1. The monoisotopic (exact) mass is 490 g/mol. The van der Waals surface area contributed by atoms with E-state index in [1.165, 1.54) is 45.6 Å². The van der Waals surface area contributed by atoms with E-state index in [0.717, 1.165) is 4.31 Å². The van der Waals surface area contributed by atoms with E-state index in [1.807, 2.05) is 0 Å². The highest BCUT2D eigenvalue weighted by atomic mass is 35.5. The predicted molar refractivity (Wildman–Crippen MR) is 127 cm³/mol. The number of hydrogen-bond donors (Lipinski definition) is 1. The zero-order chi connectivity index (χ0) is 24.0. The number of rotatable bonds is 9. The second-order valence-electron chi connectivity index (χ2n) is 6.76. The smallest absolute Gasteiger partial charge is 0.264 e. The van der Waals surface area contributed by atoms with E-state index < -0.39 is 22.5 Å². The van der Waals surface area contributed by atoms with Crippen LogP contribution >= 0.6 is 11.6 Å². The molecular formula is C23H23ClN2O6S. The Balaban J connectivity index is 1.94. The quantitative estimate of drug-likeness (QED) is 0.483. The first-order valence-electron chi connectivity index (χ1n) is 9.73. The van der Waals surface area contributed by atoms with Gasteiger partial charge in [-0.25, -0.2) is 8.42 Å². The van der Waals surface area contributed by atoms with E-state index >= 15 is 0 Å². The van der Waals surface area contributed by atoms with Gasteiger partial charge in [-0.15, -0.1) is 0 Å². The molecule has 8 nitrogen and oxygen atoms in total. The van der Waals surface area contributed by atoms with Gasteiger partial charge in [-0.2, -0.15) is 0 Å². The van der Waals surface area contributed by atoms with Crippen LogP contribution in [-0.2, 0) is 14.8 Å². The normalized spacial score (nSPS) is 10.9. The van der Waals surface area contributed by atoms with Gasteiger partial charge in [0.15, 0.2) is 11.5 Å². The first-order chi connectivity index (χ1) is 15.8. The second-order valence-corrected chi connectivity index (χ2v) is 9.03. The first kappa shape index (κ1) is 24.2. The van der Waals surface area contributed by atoms with Crippen LogP contribution in [0.2, 0.25) is 5.02 Å². The Morgan fingerprint density at radius 1 is 0.879 bits per heavy atom. The molecule has 33 heavy (non-hydrogen) atoms. The number of anilines is 2. The Kier molecular flexibility index (Phi) is 7.67. The summed E-state index contributed by atoms with van der Waals surface area (Å²) in [5, 5.41) is 2.98. The summed E-state index contributed by atoms with van der Waals surface area (Å²) in [6, 6.07) is 17.3. The lowest BCUT2D eigenvalue weighted by Crippen LogP contribution is -2.38. The van der Waals surface area contributed by atoms with Gasteiger partial charge in [-0.3, -0.25) is 9.10 Å². The van der Waals surface area contributed by atoms with Crippen LogP contribution in [0, 0.1) is 0 Å². The minimum Gasteiger partial charge on any atom is -0.495 e. The van der Waals surface area contributed by atoms with E-state index in [0.29, 0.717) is 27.9 Å². The lowest BCUT2D eigenvalue weighted by molar-refractivity contribution is -0.114. The molecule has 0 saturated carbocycles. The van der Waals surface area contributed by atoms with Gasteiger partial charge in [0.1, 0.15) is 12.3 Å². The van der Waals surface area contributed by atoms with Gasteiger partial charge in [-0.05, 0) is 42.5 Å². The molecule has 3 rings (SSSR count). The van der Waals surface area contributed by atoms with Crippen molar-refractivity contribution in [2.45, 2.75) is 4.90 Å². The number of carbonyl (C=O) groups excluding carboxylic acids is 1. The fourth-order valence-corrected chi connectivity index (χ4v) is 4.78. The van der Waals surface area contributed by atoms with E-state index in [-0.39, 0.29) is 10.6 Å². The number of ether oxygens (including phenoxy) is 3. The van der Waals surface area contributed by atoms with Gasteiger partial charge in [0.05, 0.1) is 36.9 Å². The lowest BCUT2D eigenvalue weighted by atomic mass is 10.3. The molecule has 1 amide bonds. The van der Waals surface area contributed by atoms with Gasteiger partial charge in [-0.1, -0.05) is 29.8 Å². The minimum atomic E-state index is -4.13. The van der Waals surface area contributed by atoms with E-state index in [9.17, 15) is 13.2 Å². The summed E-state index contributed by atoms with van der Waals surface area (Å²) in [4.78, 5) is 12.8. The standard InChI is InChI=1S/C23H23ClN2O6S/c1-30-20-11-9-16(13-19(20)24)25-23(27)15-26(17-7-5-4-6-8-17)33(28,29)18-10-12-21(31-2)22(14-18)32-3/h4-14H,15H2,1-3H3,(H,25,27). The van der Waals surface area contributed by atoms with Crippen LogP contribution in [-0.4, -0.2) is 42.2 Å². The molecule has 3 aromatic rings. The fraction of sp³-hybridized carbons (Fsp3) is 0.174. The number of halogens is 1. The molecule has 0 atom stereocenters. The van der Waals surface area contributed by atoms with Crippen LogP contribution in [0.5, 0.6) is 17.2 Å². The van der Waals surface area contributed by atoms with Crippen molar-refractivity contribution < 1.29 is 27.4 Å². The molecule has 0 radical (unpaired) electrons. The topological polar surface area (TPSA) is 94.2 Å². The summed E-state index contributed by atoms with van der Waals surface area (Å²) < 4.78 is 43.6. The van der Waals surface area contributed by atoms with Crippen molar-refractivity contribution in [3.05, 3.63) is 71.8 Å². The molecule has 0 aliphatic heterocycles. The third-order valence-corrected chi connectivity index (χ3v) is 6.78. The Hall–Kier alpha value is -3.43. The maximum Gasteiger partial charge on any atom is 0.264 e. The Morgan fingerprint density at radius 2 is 1.52 bits per heavy atom. The van der Waals surface area contributed by atoms with E-state index in [1.54, 1.807) is 42.5 Å². The first-order valence-corrected chi connectivity index (χ1v) is 11.5. The van der Waals surface area contributed by atoms with Gasteiger partial charge in [0.25, 0.3) is 10.0 Å². The van der Waals surface area contributed by atoms with Crippen molar-refractivity contribution in [3.8, 4) is 17.2 Å². The Bertz CT molecular complexity index is 1230. The maximum atomic E-state index is 13.5. The molecule has 10 heteroatoms. The van der Waals surface area contributed by atoms with Gasteiger partial charge in [0, 0.05) is 11.8 Å². The van der Waals surface area contributed by atoms with E-state index in [4.69, 9.17) is 25.8 Å². The number of amides is 1. The minimum absolute atomic E-state index is 0.0516. The molecule has 0 aromatic heterocycles. The van der Waals surface area contributed by atoms with Gasteiger partial charge < -0.3 is 19.5 Å². The summed E-state index contributed by atoms with van der Waals surface area (Å²) in [7, 11) is 0.225. The van der Waals surface area contributed by atoms with Crippen molar-refractivity contribution in [3.63, 3.8) is 0 Å². The van der Waals surface area contributed by atoms with Crippen molar-refractivity contribution in [2.75, 3.05) is 37.5 Å². The molecule has 0 fully saturated rings. The zero-order valence-corrected chi connectivity index (χ0v) is 19.8. The van der Waals surface area contributed by atoms with Crippen LogP contribution in [0.1, 0.15) is 0 Å². The third kappa shape index (κ3) is 5.50. The molecule has 0 heterocycles. The summed E-state index contributed by atoms with van der Waals surface area (Å²) in [6.45, 7) is -0.468. The number of hydrogen-bond acceptors (Lipinski definition) is 6. The van der Waals surface area contributed by atoms with Crippen LogP contribution in [0.15, 0.2) is 71.6 Å². The molecule has 0 saturated heterocycles. The van der Waals surface area contributed by atoms with Crippen LogP contribution in [0.3, 0.4) is 0 Å². The largest absolute Gasteiger partial charge is 0.495 e. The number of carbonyl (C=O) groups is 1. The summed E-state index contributed by atoms with van der Waals surface area (Å²) >= 11 is 6.12. The number of sulfonamides is 1. The van der Waals surface area contributed by atoms with Crippen LogP contribution in [0.4, 0.5) is 11.4 Å². The highest BCUT2D eigenvalue weighted by molar-refractivity contribution is 7.92. The molecule has 3 aromatic carbocycles. The maximum absolute atomic E-state index is 13.5. The number of benzene rings is 3. The summed E-state index contributed by atoms with van der Waals surface area (Å²) in [6.07, 6.45) is 0.